The minimum atomic E-state index is -0.0279. The van der Waals surface area contributed by atoms with Crippen LogP contribution in [-0.4, -0.2) is 12.0 Å². The summed E-state index contributed by atoms with van der Waals surface area (Å²) in [5, 5.41) is 3.58. The summed E-state index contributed by atoms with van der Waals surface area (Å²) in [6.45, 7) is 4.68. The van der Waals surface area contributed by atoms with Gasteiger partial charge in [0, 0.05) is 45.7 Å². The summed E-state index contributed by atoms with van der Waals surface area (Å²) in [7, 11) is 2.19. The molecule has 0 amide bonds. The average Bonchev–Trinajstić information content (AvgIpc) is 3.40. The van der Waals surface area contributed by atoms with Crippen molar-refractivity contribution in [1.29, 1.82) is 0 Å². The van der Waals surface area contributed by atoms with Crippen LogP contribution in [0.4, 0.5) is 11.4 Å². The highest BCUT2D eigenvalue weighted by atomic mass is 15.1. The average molecular weight is 629 g/mol. The van der Waals surface area contributed by atoms with Crippen molar-refractivity contribution in [3.05, 3.63) is 175 Å². The van der Waals surface area contributed by atoms with Crippen molar-refractivity contribution in [1.82, 2.24) is 4.98 Å². The van der Waals surface area contributed by atoms with E-state index in [9.17, 15) is 0 Å². The largest absolute Gasteiger partial charge is 0.344 e. The van der Waals surface area contributed by atoms with Crippen molar-refractivity contribution >= 4 is 33.1 Å². The van der Waals surface area contributed by atoms with Gasteiger partial charge in [0.15, 0.2) is 0 Å². The molecule has 0 saturated heterocycles. The number of para-hydroxylation sites is 1. The predicted octanol–water partition coefficient (Wildman–Crippen LogP) is 12.5. The first kappa shape index (κ1) is 29.2. The van der Waals surface area contributed by atoms with Gasteiger partial charge in [-0.15, -0.1) is 0 Å². The Bertz CT molecular complexity index is 2560. The van der Waals surface area contributed by atoms with Crippen LogP contribution in [0.1, 0.15) is 25.0 Å². The van der Waals surface area contributed by atoms with Crippen molar-refractivity contribution in [2.24, 2.45) is 0 Å². The molecule has 0 unspecified atom stereocenters. The molecule has 2 nitrogen and oxygen atoms in total. The van der Waals surface area contributed by atoms with E-state index < -0.39 is 0 Å². The van der Waals surface area contributed by atoms with E-state index in [1.54, 1.807) is 0 Å². The van der Waals surface area contributed by atoms with Gasteiger partial charge >= 0.3 is 0 Å². The van der Waals surface area contributed by atoms with Gasteiger partial charge in [0.25, 0.3) is 0 Å². The van der Waals surface area contributed by atoms with E-state index in [0.717, 1.165) is 22.5 Å². The third-order valence-electron chi connectivity index (χ3n) is 10.5. The monoisotopic (exact) mass is 628 g/mol. The van der Waals surface area contributed by atoms with E-state index >= 15 is 0 Å². The molecule has 1 aromatic heterocycles. The Kier molecular flexibility index (Phi) is 6.74. The number of benzene rings is 7. The molecule has 0 bridgehead atoms. The highest BCUT2D eigenvalue weighted by Crippen LogP contribution is 2.52. The van der Waals surface area contributed by atoms with Crippen LogP contribution in [-0.2, 0) is 5.41 Å². The summed E-state index contributed by atoms with van der Waals surface area (Å²) < 4.78 is 0. The van der Waals surface area contributed by atoms with Crippen molar-refractivity contribution in [2.75, 3.05) is 11.9 Å². The lowest BCUT2D eigenvalue weighted by Crippen LogP contribution is -2.15. The fourth-order valence-corrected chi connectivity index (χ4v) is 7.90. The minimum absolute atomic E-state index is 0.0279. The van der Waals surface area contributed by atoms with Gasteiger partial charge in [0.1, 0.15) is 0 Å². The van der Waals surface area contributed by atoms with Gasteiger partial charge < -0.3 is 4.90 Å². The number of aromatic nitrogens is 1. The van der Waals surface area contributed by atoms with E-state index in [1.807, 2.05) is 0 Å². The summed E-state index contributed by atoms with van der Waals surface area (Å²) in [5.41, 5.74) is 15.7. The fourth-order valence-electron chi connectivity index (χ4n) is 7.90. The maximum atomic E-state index is 5.16. The molecule has 0 aliphatic heterocycles. The Morgan fingerprint density at radius 1 is 0.469 bits per heavy atom. The minimum Gasteiger partial charge on any atom is -0.344 e. The van der Waals surface area contributed by atoms with Gasteiger partial charge in [0.2, 0.25) is 0 Å². The maximum absolute atomic E-state index is 5.16. The van der Waals surface area contributed by atoms with Gasteiger partial charge in [-0.3, -0.25) is 0 Å². The zero-order valence-corrected chi connectivity index (χ0v) is 28.0. The van der Waals surface area contributed by atoms with E-state index in [0.29, 0.717) is 0 Å². The first-order valence-corrected chi connectivity index (χ1v) is 17.0. The second-order valence-corrected chi connectivity index (χ2v) is 13.7. The molecule has 1 aliphatic carbocycles. The lowest BCUT2D eigenvalue weighted by atomic mass is 9.82. The van der Waals surface area contributed by atoms with Crippen molar-refractivity contribution in [3.63, 3.8) is 0 Å². The third-order valence-corrected chi connectivity index (χ3v) is 10.5. The Hall–Kier alpha value is -5.99. The Morgan fingerprint density at radius 3 is 1.80 bits per heavy atom. The third kappa shape index (κ3) is 4.75. The van der Waals surface area contributed by atoms with Crippen LogP contribution in [0.5, 0.6) is 0 Å². The first-order chi connectivity index (χ1) is 24.0. The highest BCUT2D eigenvalue weighted by molar-refractivity contribution is 6.11. The van der Waals surface area contributed by atoms with Gasteiger partial charge in [-0.05, 0) is 80.7 Å². The molecule has 1 aliphatic rings. The number of nitrogens with zero attached hydrogens (tertiary/aromatic N) is 2. The van der Waals surface area contributed by atoms with Crippen LogP contribution in [0, 0.1) is 0 Å². The van der Waals surface area contributed by atoms with Crippen LogP contribution < -0.4 is 4.90 Å². The second-order valence-electron chi connectivity index (χ2n) is 13.7. The van der Waals surface area contributed by atoms with E-state index in [1.165, 1.54) is 66.4 Å². The molecule has 0 spiro atoms. The summed E-state index contributed by atoms with van der Waals surface area (Å²) in [5.74, 6) is 0. The Balaban J connectivity index is 1.08. The smallest absolute Gasteiger partial charge is 0.0788 e. The van der Waals surface area contributed by atoms with Crippen LogP contribution in [0.2, 0.25) is 0 Å². The summed E-state index contributed by atoms with van der Waals surface area (Å²) in [4.78, 5) is 7.50. The summed E-state index contributed by atoms with van der Waals surface area (Å²) >= 11 is 0. The van der Waals surface area contributed by atoms with Crippen LogP contribution >= 0.6 is 0 Å². The number of fused-ring (bicyclic) bond motifs is 6. The van der Waals surface area contributed by atoms with Crippen LogP contribution in [0.25, 0.3) is 66.3 Å². The van der Waals surface area contributed by atoms with Gasteiger partial charge in [0.05, 0.1) is 11.2 Å². The molecule has 1 heterocycles. The summed E-state index contributed by atoms with van der Waals surface area (Å²) in [6, 6.07) is 59.3. The molecule has 0 radical (unpaired) electrons. The Labute approximate surface area is 288 Å². The maximum Gasteiger partial charge on any atom is 0.0788 e. The molecule has 0 atom stereocenters. The molecule has 0 saturated carbocycles. The molecule has 0 N–H and O–H groups in total. The van der Waals surface area contributed by atoms with E-state index in [2.05, 4.69) is 190 Å². The topological polar surface area (TPSA) is 16.1 Å². The number of anilines is 2. The number of hydrogen-bond donors (Lipinski definition) is 0. The van der Waals surface area contributed by atoms with Crippen molar-refractivity contribution in [3.8, 4) is 44.6 Å². The molecule has 49 heavy (non-hydrogen) atoms. The quantitative estimate of drug-likeness (QED) is 0.176. The molecule has 7 aromatic carbocycles. The molecule has 9 rings (SSSR count). The zero-order chi connectivity index (χ0) is 33.1. The number of hydrogen-bond acceptors (Lipinski definition) is 2. The predicted molar refractivity (Wildman–Crippen MR) is 208 cm³/mol. The van der Waals surface area contributed by atoms with Crippen LogP contribution in [0.15, 0.2) is 164 Å². The Morgan fingerprint density at radius 2 is 1.02 bits per heavy atom. The van der Waals surface area contributed by atoms with Gasteiger partial charge in [-0.1, -0.05) is 141 Å². The lowest BCUT2D eigenvalue weighted by molar-refractivity contribution is 0.660. The molecule has 8 aromatic rings. The molecule has 234 valence electrons. The normalized spacial score (nSPS) is 13.0. The molecular formula is C47H36N2. The number of rotatable bonds is 5. The first-order valence-electron chi connectivity index (χ1n) is 17.0. The fraction of sp³-hybridized carbons (Fsp3) is 0.0851. The van der Waals surface area contributed by atoms with Gasteiger partial charge in [-0.25, -0.2) is 4.98 Å². The SMILES string of the molecule is CN(c1cccc(-c2cccc(-c3cccc(-c4nc5ccccc5c5ccccc45)c3)c2)c1)c1cccc2c1-c1ccccc1C2(C)C. The van der Waals surface area contributed by atoms with E-state index in [-0.39, 0.29) is 5.41 Å². The van der Waals surface area contributed by atoms with Crippen LogP contribution in [0.3, 0.4) is 0 Å². The second kappa shape index (κ2) is 11.3. The standard InChI is InChI=1S/C47H36N2/c1-47(2)41-24-8-6-23-40(41)45-42(47)25-13-27-44(45)49(3)36-19-12-17-34(30-36)32-15-10-14-31(28-32)33-16-11-18-35(29-33)46-39-22-5-4-20-37(39)38-21-7-9-26-43(38)48-46/h4-30H,1-3H3. The molecule has 0 fully saturated rings. The van der Waals surface area contributed by atoms with Crippen molar-refractivity contribution in [2.45, 2.75) is 19.3 Å². The van der Waals surface area contributed by atoms with Gasteiger partial charge in [-0.2, -0.15) is 0 Å². The summed E-state index contributed by atoms with van der Waals surface area (Å²) in [6.07, 6.45) is 0. The van der Waals surface area contributed by atoms with Crippen molar-refractivity contribution < 1.29 is 0 Å². The van der Waals surface area contributed by atoms with E-state index in [4.69, 9.17) is 4.98 Å². The zero-order valence-electron chi connectivity index (χ0n) is 28.0. The highest BCUT2D eigenvalue weighted by Gasteiger charge is 2.37. The lowest BCUT2D eigenvalue weighted by Gasteiger charge is -2.25. The molecule has 2 heteroatoms. The number of pyridine rings is 1. The molecular weight excluding hydrogens is 593 g/mol.